The van der Waals surface area contributed by atoms with Gasteiger partial charge in [0, 0.05) is 18.0 Å². The number of rotatable bonds is 4. The van der Waals surface area contributed by atoms with Crippen LogP contribution in [0, 0.1) is 0 Å². The molecular weight excluding hydrogens is 272 g/mol. The fourth-order valence-corrected chi connectivity index (χ4v) is 2.58. The number of hydrogen-bond acceptors (Lipinski definition) is 5. The number of ether oxygens (including phenoxy) is 1. The van der Waals surface area contributed by atoms with Gasteiger partial charge in [-0.25, -0.2) is 18.7 Å². The van der Waals surface area contributed by atoms with Gasteiger partial charge in [0.25, 0.3) is 5.92 Å². The quantitative estimate of drug-likeness (QED) is 0.934. The summed E-state index contributed by atoms with van der Waals surface area (Å²) in [6, 6.07) is 3.55. The van der Waals surface area contributed by atoms with Crippen LogP contribution in [0.4, 0.5) is 19.6 Å². The Bertz CT molecular complexity index is 602. The summed E-state index contributed by atoms with van der Waals surface area (Å²) in [5.74, 6) is -2.87. The molecule has 3 rings (SSSR count). The van der Waals surface area contributed by atoms with Crippen molar-refractivity contribution in [2.24, 2.45) is 0 Å². The number of methoxy groups -OCH3 is 1. The van der Waals surface area contributed by atoms with E-state index in [4.69, 9.17) is 4.74 Å². The molecule has 1 fully saturated rings. The van der Waals surface area contributed by atoms with Crippen LogP contribution in [0.25, 0.3) is 0 Å². The summed E-state index contributed by atoms with van der Waals surface area (Å²) in [6.45, 7) is 0. The summed E-state index contributed by atoms with van der Waals surface area (Å²) in [5, 5.41) is 5.25. The van der Waals surface area contributed by atoms with E-state index >= 15 is 0 Å². The number of nitrogens with one attached hydrogen (secondary N) is 1. The van der Waals surface area contributed by atoms with E-state index in [9.17, 15) is 8.78 Å². The Morgan fingerprint density at radius 2 is 2.32 bits per heavy atom. The lowest BCUT2D eigenvalue weighted by atomic mass is 10.3. The lowest BCUT2D eigenvalue weighted by Gasteiger charge is -2.06. The van der Waals surface area contributed by atoms with E-state index in [1.54, 1.807) is 23.7 Å². The summed E-state index contributed by atoms with van der Waals surface area (Å²) in [4.78, 5) is 8.23. The minimum absolute atomic E-state index is 0.105. The van der Waals surface area contributed by atoms with Crippen molar-refractivity contribution in [1.82, 2.24) is 9.97 Å². The lowest BCUT2D eigenvalue weighted by molar-refractivity contribution is 0.111. The highest BCUT2D eigenvalue weighted by atomic mass is 32.1. The largest absolute Gasteiger partial charge is 0.480 e. The van der Waals surface area contributed by atoms with E-state index in [0.29, 0.717) is 22.4 Å². The number of thiazole rings is 1. The van der Waals surface area contributed by atoms with Gasteiger partial charge >= 0.3 is 0 Å². The van der Waals surface area contributed by atoms with Crippen LogP contribution in [0.3, 0.4) is 0 Å². The number of nitrogens with zero attached hydrogens (tertiary/aromatic N) is 2. The highest BCUT2D eigenvalue weighted by Crippen LogP contribution is 2.55. The molecule has 7 heteroatoms. The van der Waals surface area contributed by atoms with Crippen LogP contribution in [0.2, 0.25) is 0 Å². The Morgan fingerprint density at radius 1 is 1.53 bits per heavy atom. The van der Waals surface area contributed by atoms with E-state index in [1.807, 2.05) is 0 Å². The number of pyridine rings is 1. The van der Waals surface area contributed by atoms with E-state index < -0.39 is 11.8 Å². The second-order valence-electron chi connectivity index (χ2n) is 4.28. The average Bonchev–Trinajstić information content (AvgIpc) is 2.83. The number of halogens is 2. The molecule has 0 aromatic carbocycles. The molecule has 100 valence electrons. The summed E-state index contributed by atoms with van der Waals surface area (Å²) in [7, 11) is 1.52. The van der Waals surface area contributed by atoms with E-state index in [1.165, 1.54) is 18.4 Å². The molecule has 0 amide bonds. The van der Waals surface area contributed by atoms with Crippen molar-refractivity contribution in [3.63, 3.8) is 0 Å². The smallest absolute Gasteiger partial charge is 0.257 e. The molecular formula is C12H11F2N3OS. The summed E-state index contributed by atoms with van der Waals surface area (Å²) < 4.78 is 31.0. The second kappa shape index (κ2) is 4.41. The zero-order valence-electron chi connectivity index (χ0n) is 10.1. The topological polar surface area (TPSA) is 47.0 Å². The van der Waals surface area contributed by atoms with Gasteiger partial charge in [-0.1, -0.05) is 0 Å². The molecule has 2 heterocycles. The molecule has 0 spiro atoms. The molecule has 1 N–H and O–H groups in total. The normalized spacial score (nSPS) is 20.1. The van der Waals surface area contributed by atoms with E-state index in [0.717, 1.165) is 0 Å². The molecule has 1 atom stereocenters. The predicted octanol–water partition coefficient (Wildman–Crippen LogP) is 3.41. The van der Waals surface area contributed by atoms with Crippen molar-refractivity contribution in [3.05, 3.63) is 29.4 Å². The van der Waals surface area contributed by atoms with Gasteiger partial charge in [-0.05, 0) is 12.1 Å². The monoisotopic (exact) mass is 283 g/mol. The van der Waals surface area contributed by atoms with Gasteiger partial charge in [-0.2, -0.15) is 0 Å². The third-order valence-corrected chi connectivity index (χ3v) is 3.69. The van der Waals surface area contributed by atoms with Crippen LogP contribution in [-0.2, 0) is 0 Å². The first kappa shape index (κ1) is 12.3. The van der Waals surface area contributed by atoms with Gasteiger partial charge in [0.15, 0.2) is 5.13 Å². The average molecular weight is 283 g/mol. The summed E-state index contributed by atoms with van der Waals surface area (Å²) in [6.07, 6.45) is 1.51. The first-order chi connectivity index (χ1) is 9.10. The van der Waals surface area contributed by atoms with Crippen molar-refractivity contribution in [1.29, 1.82) is 0 Å². The number of alkyl halides is 2. The molecule has 1 aliphatic carbocycles. The molecule has 2 aromatic rings. The number of hydrogen-bond donors (Lipinski definition) is 1. The molecule has 19 heavy (non-hydrogen) atoms. The van der Waals surface area contributed by atoms with Crippen LogP contribution < -0.4 is 10.1 Å². The minimum atomic E-state index is -2.59. The molecule has 1 aliphatic rings. The molecule has 4 nitrogen and oxygen atoms in total. The highest BCUT2D eigenvalue weighted by molar-refractivity contribution is 7.13. The molecule has 1 saturated carbocycles. The minimum Gasteiger partial charge on any atom is -0.480 e. The standard InChI is InChI=1S/C12H11F2N3OS/c1-18-10-8(3-2-4-15-10)16-11-17-9(6-19-11)7-5-12(7,13)14/h2-4,6-7H,5H2,1H3,(H,16,17). The molecule has 1 unspecified atom stereocenters. The first-order valence-corrected chi connectivity index (χ1v) is 6.57. The Labute approximate surface area is 112 Å². The van der Waals surface area contributed by atoms with Crippen LogP contribution in [0.5, 0.6) is 5.88 Å². The Hall–Kier alpha value is -1.76. The fraction of sp³-hybridized carbons (Fsp3) is 0.333. The number of anilines is 2. The van der Waals surface area contributed by atoms with Gasteiger partial charge in [-0.3, -0.25) is 0 Å². The maximum atomic E-state index is 13.0. The Morgan fingerprint density at radius 3 is 3.00 bits per heavy atom. The van der Waals surface area contributed by atoms with Gasteiger partial charge in [0.2, 0.25) is 5.88 Å². The third kappa shape index (κ3) is 2.37. The van der Waals surface area contributed by atoms with Crippen LogP contribution in [0.1, 0.15) is 18.0 Å². The fourth-order valence-electron chi connectivity index (χ4n) is 1.80. The molecule has 0 saturated heterocycles. The van der Waals surface area contributed by atoms with Crippen molar-refractivity contribution in [2.75, 3.05) is 12.4 Å². The summed E-state index contributed by atoms with van der Waals surface area (Å²) >= 11 is 1.29. The van der Waals surface area contributed by atoms with E-state index in [2.05, 4.69) is 15.3 Å². The molecule has 0 aliphatic heterocycles. The van der Waals surface area contributed by atoms with Crippen molar-refractivity contribution >= 4 is 22.2 Å². The van der Waals surface area contributed by atoms with Gasteiger partial charge < -0.3 is 10.1 Å². The number of aromatic nitrogens is 2. The van der Waals surface area contributed by atoms with E-state index in [-0.39, 0.29) is 6.42 Å². The van der Waals surface area contributed by atoms with Gasteiger partial charge in [-0.15, -0.1) is 11.3 Å². The van der Waals surface area contributed by atoms with Crippen molar-refractivity contribution in [2.45, 2.75) is 18.3 Å². The zero-order chi connectivity index (χ0) is 13.5. The maximum absolute atomic E-state index is 13.0. The second-order valence-corrected chi connectivity index (χ2v) is 5.14. The lowest BCUT2D eigenvalue weighted by Crippen LogP contribution is -1.97. The first-order valence-electron chi connectivity index (χ1n) is 5.69. The van der Waals surface area contributed by atoms with Gasteiger partial charge in [0.1, 0.15) is 5.69 Å². The SMILES string of the molecule is COc1ncccc1Nc1nc(C2CC2(F)F)cs1. The highest BCUT2D eigenvalue weighted by Gasteiger charge is 2.58. The van der Waals surface area contributed by atoms with Crippen LogP contribution in [0.15, 0.2) is 23.7 Å². The van der Waals surface area contributed by atoms with Gasteiger partial charge in [0.05, 0.1) is 18.7 Å². The predicted molar refractivity (Wildman–Crippen MR) is 68.5 cm³/mol. The Kier molecular flexibility index (Phi) is 2.85. The van der Waals surface area contributed by atoms with Crippen molar-refractivity contribution in [3.8, 4) is 5.88 Å². The zero-order valence-corrected chi connectivity index (χ0v) is 10.9. The molecule has 2 aromatic heterocycles. The van der Waals surface area contributed by atoms with Crippen molar-refractivity contribution < 1.29 is 13.5 Å². The molecule has 0 radical (unpaired) electrons. The maximum Gasteiger partial charge on any atom is 0.257 e. The molecule has 0 bridgehead atoms. The van der Waals surface area contributed by atoms with Crippen LogP contribution in [-0.4, -0.2) is 23.0 Å². The van der Waals surface area contributed by atoms with Crippen LogP contribution >= 0.6 is 11.3 Å². The Balaban J connectivity index is 1.77. The third-order valence-electron chi connectivity index (χ3n) is 2.91. The summed E-state index contributed by atoms with van der Waals surface area (Å²) in [5.41, 5.74) is 1.11.